The summed E-state index contributed by atoms with van der Waals surface area (Å²) in [5, 5.41) is 0. The summed E-state index contributed by atoms with van der Waals surface area (Å²) in [6.45, 7) is 4.34. The molecule has 20 heavy (non-hydrogen) atoms. The third kappa shape index (κ3) is 3.56. The molecule has 1 unspecified atom stereocenters. The molecular formula is C16H17BrO3. The Balaban J connectivity index is 3.12. The van der Waals surface area contributed by atoms with Crippen LogP contribution >= 0.6 is 15.9 Å². The first-order valence-electron chi connectivity index (χ1n) is 6.14. The van der Waals surface area contributed by atoms with Gasteiger partial charge >= 0.3 is 0 Å². The molecule has 0 fully saturated rings. The van der Waals surface area contributed by atoms with E-state index in [4.69, 9.17) is 4.74 Å². The molecule has 1 aromatic rings. The Labute approximate surface area is 127 Å². The molecule has 1 atom stereocenters. The largest absolute Gasteiger partial charge is 0.367 e. The molecule has 0 radical (unpaired) electrons. The Morgan fingerprint density at radius 3 is 2.10 bits per heavy atom. The molecule has 0 aliphatic heterocycles. The number of benzene rings is 1. The maximum atomic E-state index is 11.8. The van der Waals surface area contributed by atoms with Gasteiger partial charge in [-0.15, -0.1) is 0 Å². The number of halogens is 1. The number of rotatable bonds is 4. The Hall–Kier alpha value is -1.44. The van der Waals surface area contributed by atoms with Crippen LogP contribution in [0.5, 0.6) is 0 Å². The first-order chi connectivity index (χ1) is 9.32. The van der Waals surface area contributed by atoms with Crippen molar-refractivity contribution in [1.82, 2.24) is 0 Å². The number of carbonyl (C=O) groups is 2. The van der Waals surface area contributed by atoms with Gasteiger partial charge in [0.15, 0.2) is 0 Å². The summed E-state index contributed by atoms with van der Waals surface area (Å²) in [7, 11) is 1.45. The predicted molar refractivity (Wildman–Crippen MR) is 81.3 cm³/mol. The highest BCUT2D eigenvalue weighted by Gasteiger charge is 2.43. The van der Waals surface area contributed by atoms with E-state index in [1.54, 1.807) is 6.92 Å². The van der Waals surface area contributed by atoms with Crippen LogP contribution in [-0.2, 0) is 14.3 Å². The first-order valence-corrected chi connectivity index (χ1v) is 6.93. The number of methoxy groups -OCH3 is 1. The SMILES string of the molecule is COC(C#Cc1ccc(Br)cc1)C(C)(C(C)=O)C(C)=O. The molecule has 3 nitrogen and oxygen atoms in total. The molecule has 0 amide bonds. The van der Waals surface area contributed by atoms with Crippen molar-refractivity contribution in [3.05, 3.63) is 34.3 Å². The molecule has 0 saturated heterocycles. The van der Waals surface area contributed by atoms with E-state index in [-0.39, 0.29) is 11.6 Å². The Bertz CT molecular complexity index is 550. The summed E-state index contributed by atoms with van der Waals surface area (Å²) < 4.78 is 6.22. The maximum Gasteiger partial charge on any atom is 0.146 e. The standard InChI is InChI=1S/C16H17BrO3/c1-11(18)16(3,12(2)19)15(20-4)10-7-13-5-8-14(17)9-6-13/h5-6,8-9,15H,1-4H3. The van der Waals surface area contributed by atoms with Crippen molar-refractivity contribution < 1.29 is 14.3 Å². The minimum absolute atomic E-state index is 0.248. The molecule has 0 aliphatic carbocycles. The fourth-order valence-electron chi connectivity index (χ4n) is 1.74. The lowest BCUT2D eigenvalue weighted by molar-refractivity contribution is -0.143. The number of Topliss-reactive ketones (excluding diaryl/α,β-unsaturated/α-hetero) is 2. The van der Waals surface area contributed by atoms with Crippen molar-refractivity contribution in [3.8, 4) is 11.8 Å². The number of hydrogen-bond donors (Lipinski definition) is 0. The molecule has 0 N–H and O–H groups in total. The average Bonchev–Trinajstić information content (AvgIpc) is 2.40. The smallest absolute Gasteiger partial charge is 0.146 e. The summed E-state index contributed by atoms with van der Waals surface area (Å²) in [6.07, 6.45) is -0.763. The molecule has 4 heteroatoms. The van der Waals surface area contributed by atoms with Crippen molar-refractivity contribution in [3.63, 3.8) is 0 Å². The summed E-state index contributed by atoms with van der Waals surface area (Å²) in [5.74, 6) is 5.32. The van der Waals surface area contributed by atoms with Crippen LogP contribution in [0.15, 0.2) is 28.7 Å². The van der Waals surface area contributed by atoms with Crippen LogP contribution in [0, 0.1) is 17.3 Å². The van der Waals surface area contributed by atoms with Crippen LogP contribution in [0.1, 0.15) is 26.3 Å². The quantitative estimate of drug-likeness (QED) is 0.627. The Kier molecular flexibility index (Phi) is 5.67. The fourth-order valence-corrected chi connectivity index (χ4v) is 2.00. The number of ether oxygens (including phenoxy) is 1. The molecule has 0 saturated carbocycles. The summed E-state index contributed by atoms with van der Waals surface area (Å²) in [4.78, 5) is 23.6. The third-order valence-electron chi connectivity index (χ3n) is 3.41. The highest BCUT2D eigenvalue weighted by Crippen LogP contribution is 2.26. The van der Waals surface area contributed by atoms with Crippen molar-refractivity contribution in [2.45, 2.75) is 26.9 Å². The van der Waals surface area contributed by atoms with Crippen molar-refractivity contribution in [2.75, 3.05) is 7.11 Å². The predicted octanol–water partition coefficient (Wildman–Crippen LogP) is 3.00. The topological polar surface area (TPSA) is 43.4 Å². The highest BCUT2D eigenvalue weighted by molar-refractivity contribution is 9.10. The van der Waals surface area contributed by atoms with Crippen molar-refractivity contribution in [2.24, 2.45) is 5.41 Å². The van der Waals surface area contributed by atoms with Gasteiger partial charge in [-0.3, -0.25) is 9.59 Å². The lowest BCUT2D eigenvalue weighted by Gasteiger charge is -2.28. The van der Waals surface area contributed by atoms with Gasteiger partial charge < -0.3 is 4.74 Å². The average molecular weight is 337 g/mol. The number of carbonyl (C=O) groups excluding carboxylic acids is 2. The van der Waals surface area contributed by atoms with E-state index < -0.39 is 11.5 Å². The van der Waals surface area contributed by atoms with Crippen LogP contribution in [0.4, 0.5) is 0 Å². The second kappa shape index (κ2) is 6.83. The second-order valence-corrected chi connectivity index (χ2v) is 5.62. The van der Waals surface area contributed by atoms with Crippen LogP contribution < -0.4 is 0 Å². The van der Waals surface area contributed by atoms with E-state index in [1.807, 2.05) is 24.3 Å². The molecule has 0 heterocycles. The van der Waals surface area contributed by atoms with Gasteiger partial charge in [-0.05, 0) is 45.0 Å². The number of hydrogen-bond acceptors (Lipinski definition) is 3. The Morgan fingerprint density at radius 2 is 1.70 bits per heavy atom. The zero-order valence-electron chi connectivity index (χ0n) is 12.0. The molecule has 0 spiro atoms. The number of ketones is 2. The summed E-state index contributed by atoms with van der Waals surface area (Å²) in [5.41, 5.74) is -0.443. The first kappa shape index (κ1) is 16.6. The zero-order valence-corrected chi connectivity index (χ0v) is 13.6. The molecule has 106 valence electrons. The minimum atomic E-state index is -1.24. The van der Waals surface area contributed by atoms with Gasteiger partial charge in [-0.25, -0.2) is 0 Å². The molecule has 1 rings (SSSR count). The summed E-state index contributed by atoms with van der Waals surface area (Å²) >= 11 is 3.35. The van der Waals surface area contributed by atoms with Crippen LogP contribution in [-0.4, -0.2) is 24.8 Å². The van der Waals surface area contributed by atoms with Gasteiger partial charge in [0.1, 0.15) is 23.1 Å². The van der Waals surface area contributed by atoms with E-state index in [0.29, 0.717) is 0 Å². The van der Waals surface area contributed by atoms with E-state index in [9.17, 15) is 9.59 Å². The van der Waals surface area contributed by atoms with Crippen molar-refractivity contribution in [1.29, 1.82) is 0 Å². The van der Waals surface area contributed by atoms with Gasteiger partial charge in [0.2, 0.25) is 0 Å². The molecule has 0 bridgehead atoms. The molecule has 0 aromatic heterocycles. The van der Waals surface area contributed by atoms with Gasteiger partial charge in [0.05, 0.1) is 0 Å². The Morgan fingerprint density at radius 1 is 1.20 bits per heavy atom. The summed E-state index contributed by atoms with van der Waals surface area (Å²) in [6, 6.07) is 7.45. The third-order valence-corrected chi connectivity index (χ3v) is 3.94. The fraction of sp³-hybridized carbons (Fsp3) is 0.375. The van der Waals surface area contributed by atoms with E-state index in [1.165, 1.54) is 21.0 Å². The van der Waals surface area contributed by atoms with Gasteiger partial charge in [-0.1, -0.05) is 27.8 Å². The van der Waals surface area contributed by atoms with Crippen LogP contribution in [0.25, 0.3) is 0 Å². The van der Waals surface area contributed by atoms with Gasteiger partial charge in [0, 0.05) is 17.1 Å². The van der Waals surface area contributed by atoms with Gasteiger partial charge in [0.25, 0.3) is 0 Å². The zero-order chi connectivity index (χ0) is 15.3. The van der Waals surface area contributed by atoms with E-state index in [0.717, 1.165) is 10.0 Å². The van der Waals surface area contributed by atoms with Crippen LogP contribution in [0.3, 0.4) is 0 Å². The lowest BCUT2D eigenvalue weighted by Crippen LogP contribution is -2.44. The molecular weight excluding hydrogens is 320 g/mol. The highest BCUT2D eigenvalue weighted by atomic mass is 79.9. The lowest BCUT2D eigenvalue weighted by atomic mass is 9.77. The van der Waals surface area contributed by atoms with Gasteiger partial charge in [-0.2, -0.15) is 0 Å². The molecule has 0 aliphatic rings. The van der Waals surface area contributed by atoms with Crippen LogP contribution in [0.2, 0.25) is 0 Å². The second-order valence-electron chi connectivity index (χ2n) is 4.71. The van der Waals surface area contributed by atoms with Crippen molar-refractivity contribution >= 4 is 27.5 Å². The minimum Gasteiger partial charge on any atom is -0.367 e. The normalized spacial score (nSPS) is 12.2. The van der Waals surface area contributed by atoms with E-state index >= 15 is 0 Å². The molecule has 1 aromatic carbocycles. The maximum absolute atomic E-state index is 11.8. The van der Waals surface area contributed by atoms with E-state index in [2.05, 4.69) is 27.8 Å². The monoisotopic (exact) mass is 336 g/mol.